The van der Waals surface area contributed by atoms with Crippen molar-refractivity contribution in [3.8, 4) is 5.75 Å². The van der Waals surface area contributed by atoms with E-state index in [1.807, 2.05) is 6.92 Å². The molecule has 0 radical (unpaired) electrons. The number of nitrogens with one attached hydrogen (secondary N) is 2. The highest BCUT2D eigenvalue weighted by Gasteiger charge is 2.38. The first kappa shape index (κ1) is 12.8. The zero-order valence-electron chi connectivity index (χ0n) is 10.6. The van der Waals surface area contributed by atoms with Crippen molar-refractivity contribution in [2.45, 2.75) is 26.2 Å². The van der Waals surface area contributed by atoms with Crippen LogP contribution in [0.25, 0.3) is 0 Å². The van der Waals surface area contributed by atoms with Crippen LogP contribution < -0.4 is 10.6 Å². The standard InChI is InChI=1S/C13H19N3O2/c1-2-13(6-4-7-14-9-13)12(18)16-11-10(17)5-3-8-15-11/h3,5,8,14,17H,2,4,6-7,9H2,1H3,(H,15,16,18). The second-order valence-electron chi connectivity index (χ2n) is 4.74. The van der Waals surface area contributed by atoms with Gasteiger partial charge in [-0.1, -0.05) is 6.92 Å². The van der Waals surface area contributed by atoms with Gasteiger partial charge in [0.15, 0.2) is 11.6 Å². The normalized spacial score (nSPS) is 23.6. The molecule has 1 atom stereocenters. The van der Waals surface area contributed by atoms with E-state index < -0.39 is 0 Å². The smallest absolute Gasteiger partial charge is 0.233 e. The van der Waals surface area contributed by atoms with Gasteiger partial charge in [0.05, 0.1) is 5.41 Å². The number of hydrogen-bond acceptors (Lipinski definition) is 4. The predicted octanol–water partition coefficient (Wildman–Crippen LogP) is 1.51. The lowest BCUT2D eigenvalue weighted by Gasteiger charge is -2.35. The van der Waals surface area contributed by atoms with Gasteiger partial charge in [-0.25, -0.2) is 4.98 Å². The van der Waals surface area contributed by atoms with Crippen molar-refractivity contribution >= 4 is 11.7 Å². The number of carbonyl (C=O) groups excluding carboxylic acids is 1. The lowest BCUT2D eigenvalue weighted by Crippen LogP contribution is -2.47. The SMILES string of the molecule is CCC1(C(=O)Nc2ncccc2O)CCCNC1. The highest BCUT2D eigenvalue weighted by atomic mass is 16.3. The van der Waals surface area contributed by atoms with Gasteiger partial charge in [0, 0.05) is 12.7 Å². The molecule has 1 aliphatic rings. The Morgan fingerprint density at radius 2 is 2.50 bits per heavy atom. The van der Waals surface area contributed by atoms with Crippen molar-refractivity contribution in [1.82, 2.24) is 10.3 Å². The number of aromatic hydroxyl groups is 1. The third-order valence-corrected chi connectivity index (χ3v) is 3.65. The van der Waals surface area contributed by atoms with Crippen LogP contribution in [0.1, 0.15) is 26.2 Å². The maximum Gasteiger partial charge on any atom is 0.233 e. The Balaban J connectivity index is 2.13. The third kappa shape index (κ3) is 2.46. The second-order valence-corrected chi connectivity index (χ2v) is 4.74. The molecule has 1 unspecified atom stereocenters. The number of amides is 1. The van der Waals surface area contributed by atoms with E-state index in [0.29, 0.717) is 6.54 Å². The van der Waals surface area contributed by atoms with Crippen molar-refractivity contribution in [2.75, 3.05) is 18.4 Å². The van der Waals surface area contributed by atoms with Crippen molar-refractivity contribution < 1.29 is 9.90 Å². The lowest BCUT2D eigenvalue weighted by atomic mass is 9.77. The molecule has 0 aromatic carbocycles. The Morgan fingerprint density at radius 3 is 3.11 bits per heavy atom. The average Bonchev–Trinajstić information content (AvgIpc) is 2.42. The van der Waals surface area contributed by atoms with Crippen LogP contribution in [0.4, 0.5) is 5.82 Å². The molecule has 2 rings (SSSR count). The lowest BCUT2D eigenvalue weighted by molar-refractivity contribution is -0.126. The summed E-state index contributed by atoms with van der Waals surface area (Å²) < 4.78 is 0. The van der Waals surface area contributed by atoms with Crippen LogP contribution in [0.3, 0.4) is 0 Å². The molecule has 1 aromatic heterocycles. The molecule has 0 spiro atoms. The monoisotopic (exact) mass is 249 g/mol. The van der Waals surface area contributed by atoms with Gasteiger partial charge in [0.2, 0.25) is 5.91 Å². The number of nitrogens with zero attached hydrogens (tertiary/aromatic N) is 1. The van der Waals surface area contributed by atoms with Crippen LogP contribution in [-0.2, 0) is 4.79 Å². The van der Waals surface area contributed by atoms with Gasteiger partial charge in [0.1, 0.15) is 0 Å². The summed E-state index contributed by atoms with van der Waals surface area (Å²) in [5.74, 6) is 0.174. The summed E-state index contributed by atoms with van der Waals surface area (Å²) >= 11 is 0. The van der Waals surface area contributed by atoms with E-state index in [2.05, 4.69) is 15.6 Å². The van der Waals surface area contributed by atoms with Gasteiger partial charge in [-0.3, -0.25) is 4.79 Å². The van der Waals surface area contributed by atoms with Gasteiger partial charge >= 0.3 is 0 Å². The Bertz CT molecular complexity index is 428. The molecule has 0 saturated carbocycles. The zero-order valence-corrected chi connectivity index (χ0v) is 10.6. The summed E-state index contributed by atoms with van der Waals surface area (Å²) in [6.07, 6.45) is 4.19. The molecule has 2 heterocycles. The number of aromatic nitrogens is 1. The van der Waals surface area contributed by atoms with E-state index in [0.717, 1.165) is 25.8 Å². The molecule has 5 heteroatoms. The summed E-state index contributed by atoms with van der Waals surface area (Å²) in [5, 5.41) is 15.6. The fourth-order valence-corrected chi connectivity index (χ4v) is 2.36. The van der Waals surface area contributed by atoms with Crippen LogP contribution in [0.5, 0.6) is 5.75 Å². The van der Waals surface area contributed by atoms with Gasteiger partial charge in [-0.15, -0.1) is 0 Å². The third-order valence-electron chi connectivity index (χ3n) is 3.65. The molecular formula is C13H19N3O2. The Kier molecular flexibility index (Phi) is 3.81. The number of carbonyl (C=O) groups is 1. The highest BCUT2D eigenvalue weighted by molar-refractivity contribution is 5.95. The van der Waals surface area contributed by atoms with Crippen LogP contribution in [-0.4, -0.2) is 29.1 Å². The van der Waals surface area contributed by atoms with Crippen LogP contribution in [0, 0.1) is 5.41 Å². The Labute approximate surface area is 107 Å². The Morgan fingerprint density at radius 1 is 1.67 bits per heavy atom. The minimum atomic E-state index is -0.387. The maximum atomic E-state index is 12.4. The fourth-order valence-electron chi connectivity index (χ4n) is 2.36. The van der Waals surface area contributed by atoms with E-state index in [1.54, 1.807) is 12.3 Å². The van der Waals surface area contributed by atoms with E-state index in [4.69, 9.17) is 0 Å². The molecule has 1 saturated heterocycles. The summed E-state index contributed by atoms with van der Waals surface area (Å²) in [4.78, 5) is 16.3. The van der Waals surface area contributed by atoms with Crippen molar-refractivity contribution in [3.63, 3.8) is 0 Å². The molecule has 0 aliphatic carbocycles. The maximum absolute atomic E-state index is 12.4. The molecule has 1 aliphatic heterocycles. The average molecular weight is 249 g/mol. The van der Waals surface area contributed by atoms with E-state index in [9.17, 15) is 9.90 Å². The summed E-state index contributed by atoms with van der Waals surface area (Å²) in [7, 11) is 0. The molecule has 1 aromatic rings. The first-order valence-electron chi connectivity index (χ1n) is 6.34. The first-order chi connectivity index (χ1) is 8.68. The molecule has 1 fully saturated rings. The topological polar surface area (TPSA) is 74.2 Å². The Hall–Kier alpha value is -1.62. The quantitative estimate of drug-likeness (QED) is 0.759. The van der Waals surface area contributed by atoms with Gasteiger partial charge in [-0.05, 0) is 37.9 Å². The summed E-state index contributed by atoms with van der Waals surface area (Å²) in [6.45, 7) is 3.66. The second kappa shape index (κ2) is 5.35. The van der Waals surface area contributed by atoms with Gasteiger partial charge < -0.3 is 15.7 Å². The van der Waals surface area contributed by atoms with Crippen LogP contribution in [0.15, 0.2) is 18.3 Å². The summed E-state index contributed by atoms with van der Waals surface area (Å²) in [5.41, 5.74) is -0.387. The van der Waals surface area contributed by atoms with E-state index >= 15 is 0 Å². The zero-order chi connectivity index (χ0) is 13.0. The molecule has 5 nitrogen and oxygen atoms in total. The molecule has 0 bridgehead atoms. The number of hydrogen-bond donors (Lipinski definition) is 3. The minimum Gasteiger partial charge on any atom is -0.504 e. The van der Waals surface area contributed by atoms with Gasteiger partial charge in [0.25, 0.3) is 0 Å². The number of rotatable bonds is 3. The number of anilines is 1. The van der Waals surface area contributed by atoms with Gasteiger partial charge in [-0.2, -0.15) is 0 Å². The van der Waals surface area contributed by atoms with Crippen molar-refractivity contribution in [2.24, 2.45) is 5.41 Å². The van der Waals surface area contributed by atoms with Crippen LogP contribution >= 0.6 is 0 Å². The highest BCUT2D eigenvalue weighted by Crippen LogP contribution is 2.32. The van der Waals surface area contributed by atoms with Crippen LogP contribution in [0.2, 0.25) is 0 Å². The minimum absolute atomic E-state index is 0.000807. The van der Waals surface area contributed by atoms with E-state index in [-0.39, 0.29) is 22.9 Å². The summed E-state index contributed by atoms with van der Waals surface area (Å²) in [6, 6.07) is 3.14. The largest absolute Gasteiger partial charge is 0.504 e. The molecular weight excluding hydrogens is 230 g/mol. The first-order valence-corrected chi connectivity index (χ1v) is 6.34. The molecule has 18 heavy (non-hydrogen) atoms. The van der Waals surface area contributed by atoms with E-state index in [1.165, 1.54) is 6.07 Å². The molecule has 1 amide bonds. The molecule has 3 N–H and O–H groups in total. The van der Waals surface area contributed by atoms with Crippen molar-refractivity contribution in [1.29, 1.82) is 0 Å². The fraction of sp³-hybridized carbons (Fsp3) is 0.538. The number of pyridine rings is 1. The molecule has 98 valence electrons. The van der Waals surface area contributed by atoms with Crippen molar-refractivity contribution in [3.05, 3.63) is 18.3 Å². The predicted molar refractivity (Wildman–Crippen MR) is 69.4 cm³/mol. The number of piperidine rings is 1.